The second-order valence-electron chi connectivity index (χ2n) is 6.81. The molecule has 1 aliphatic carbocycles. The molecule has 1 saturated carbocycles. The Bertz CT molecular complexity index is 396. The van der Waals surface area contributed by atoms with E-state index < -0.39 is 0 Å². The first-order valence-corrected chi connectivity index (χ1v) is 7.46. The molecule has 2 atom stereocenters. The highest BCUT2D eigenvalue weighted by Gasteiger charge is 2.32. The zero-order valence-corrected chi connectivity index (χ0v) is 12.4. The van der Waals surface area contributed by atoms with Crippen LogP contribution in [0.1, 0.15) is 45.6 Å². The summed E-state index contributed by atoms with van der Waals surface area (Å²) in [7, 11) is 0. The molecule has 0 saturated heterocycles. The van der Waals surface area contributed by atoms with E-state index in [2.05, 4.69) is 50.4 Å². The smallest absolute Gasteiger partial charge is 0.0471 e. The van der Waals surface area contributed by atoms with Crippen molar-refractivity contribution in [2.45, 2.75) is 52.5 Å². The van der Waals surface area contributed by atoms with Crippen LogP contribution in [-0.4, -0.2) is 17.8 Å². The van der Waals surface area contributed by atoms with Crippen LogP contribution in [0.4, 0.5) is 5.69 Å². The van der Waals surface area contributed by atoms with Gasteiger partial charge in [-0.25, -0.2) is 0 Å². The van der Waals surface area contributed by atoms with Gasteiger partial charge < -0.3 is 10.4 Å². The first-order chi connectivity index (χ1) is 9.00. The van der Waals surface area contributed by atoms with E-state index in [1.54, 1.807) is 0 Å². The molecule has 0 heterocycles. The molecule has 106 valence electrons. The minimum Gasteiger partial charge on any atom is -0.396 e. The maximum atomic E-state index is 8.92. The molecule has 2 rings (SSSR count). The van der Waals surface area contributed by atoms with Gasteiger partial charge in [0.25, 0.3) is 0 Å². The Kier molecular flexibility index (Phi) is 4.51. The normalized spacial score (nSPS) is 26.1. The molecule has 0 aliphatic heterocycles. The number of hydrogen-bond acceptors (Lipinski definition) is 2. The highest BCUT2D eigenvalue weighted by molar-refractivity contribution is 5.45. The van der Waals surface area contributed by atoms with Crippen molar-refractivity contribution in [2.24, 2.45) is 11.3 Å². The highest BCUT2D eigenvalue weighted by atomic mass is 16.2. The van der Waals surface area contributed by atoms with Gasteiger partial charge in [0.05, 0.1) is 0 Å². The van der Waals surface area contributed by atoms with E-state index in [1.807, 2.05) is 0 Å². The Hall–Kier alpha value is -1.02. The molecule has 2 nitrogen and oxygen atoms in total. The summed E-state index contributed by atoms with van der Waals surface area (Å²) >= 11 is 0. The van der Waals surface area contributed by atoms with Gasteiger partial charge >= 0.3 is 0 Å². The standard InChI is InChI=1S/C17H27NO/c1-13-12-17(2,3)10-8-16(13)18-15-6-4-14(5-7-15)9-11-19/h4-7,13,16,18-19H,8-12H2,1-3H3. The van der Waals surface area contributed by atoms with Crippen molar-refractivity contribution in [1.29, 1.82) is 0 Å². The van der Waals surface area contributed by atoms with Gasteiger partial charge in [-0.05, 0) is 54.7 Å². The number of aliphatic hydroxyl groups excluding tert-OH is 1. The summed E-state index contributed by atoms with van der Waals surface area (Å²) in [6.07, 6.45) is 4.60. The maximum absolute atomic E-state index is 8.92. The van der Waals surface area contributed by atoms with E-state index in [9.17, 15) is 0 Å². The molecule has 0 radical (unpaired) electrons. The fourth-order valence-corrected chi connectivity index (χ4v) is 3.27. The van der Waals surface area contributed by atoms with Gasteiger partial charge in [0, 0.05) is 18.3 Å². The van der Waals surface area contributed by atoms with Crippen LogP contribution < -0.4 is 5.32 Å². The lowest BCUT2D eigenvalue weighted by Gasteiger charge is -2.40. The van der Waals surface area contributed by atoms with Crippen LogP contribution in [0.15, 0.2) is 24.3 Å². The molecule has 0 spiro atoms. The SMILES string of the molecule is CC1CC(C)(C)CCC1Nc1ccc(CCO)cc1. The number of aliphatic hydroxyl groups is 1. The fraction of sp³-hybridized carbons (Fsp3) is 0.647. The third-order valence-corrected chi connectivity index (χ3v) is 4.40. The van der Waals surface area contributed by atoms with Crippen LogP contribution in [0, 0.1) is 11.3 Å². The number of rotatable bonds is 4. The molecule has 0 amide bonds. The fourth-order valence-electron chi connectivity index (χ4n) is 3.27. The summed E-state index contributed by atoms with van der Waals surface area (Å²) in [5, 5.41) is 12.6. The predicted molar refractivity (Wildman–Crippen MR) is 81.4 cm³/mol. The molecule has 1 aromatic rings. The van der Waals surface area contributed by atoms with Crippen molar-refractivity contribution >= 4 is 5.69 Å². The molecule has 1 aliphatic rings. The van der Waals surface area contributed by atoms with E-state index in [0.717, 1.165) is 12.3 Å². The minimum absolute atomic E-state index is 0.224. The van der Waals surface area contributed by atoms with Gasteiger partial charge in [0.1, 0.15) is 0 Å². The molecule has 19 heavy (non-hydrogen) atoms. The van der Waals surface area contributed by atoms with Gasteiger partial charge in [-0.1, -0.05) is 32.9 Å². The largest absolute Gasteiger partial charge is 0.396 e. The maximum Gasteiger partial charge on any atom is 0.0471 e. The molecule has 2 unspecified atom stereocenters. The summed E-state index contributed by atoms with van der Waals surface area (Å²) in [5.41, 5.74) is 2.91. The van der Waals surface area contributed by atoms with Crippen LogP contribution in [-0.2, 0) is 6.42 Å². The summed E-state index contributed by atoms with van der Waals surface area (Å²) in [4.78, 5) is 0. The third kappa shape index (κ3) is 3.97. The Morgan fingerprint density at radius 3 is 2.53 bits per heavy atom. The van der Waals surface area contributed by atoms with Crippen molar-refractivity contribution in [3.8, 4) is 0 Å². The van der Waals surface area contributed by atoms with Crippen LogP contribution in [0.2, 0.25) is 0 Å². The highest BCUT2D eigenvalue weighted by Crippen LogP contribution is 2.39. The van der Waals surface area contributed by atoms with Crippen molar-refractivity contribution in [3.05, 3.63) is 29.8 Å². The second-order valence-corrected chi connectivity index (χ2v) is 6.81. The monoisotopic (exact) mass is 261 g/mol. The van der Waals surface area contributed by atoms with Gasteiger partial charge in [0.2, 0.25) is 0 Å². The summed E-state index contributed by atoms with van der Waals surface area (Å²) in [6, 6.07) is 9.08. The first-order valence-electron chi connectivity index (χ1n) is 7.46. The number of anilines is 1. The van der Waals surface area contributed by atoms with Gasteiger partial charge in [-0.3, -0.25) is 0 Å². The first kappa shape index (κ1) is 14.4. The lowest BCUT2D eigenvalue weighted by atomic mass is 9.70. The van der Waals surface area contributed by atoms with E-state index >= 15 is 0 Å². The molecule has 2 heteroatoms. The van der Waals surface area contributed by atoms with E-state index in [0.29, 0.717) is 11.5 Å². The molecule has 0 bridgehead atoms. The topological polar surface area (TPSA) is 32.3 Å². The van der Waals surface area contributed by atoms with Crippen molar-refractivity contribution < 1.29 is 5.11 Å². The van der Waals surface area contributed by atoms with Crippen molar-refractivity contribution in [3.63, 3.8) is 0 Å². The van der Waals surface area contributed by atoms with E-state index in [-0.39, 0.29) is 6.61 Å². The summed E-state index contributed by atoms with van der Waals surface area (Å²) in [6.45, 7) is 7.34. The van der Waals surface area contributed by atoms with Crippen LogP contribution in [0.25, 0.3) is 0 Å². The van der Waals surface area contributed by atoms with E-state index in [1.165, 1.54) is 30.5 Å². The Morgan fingerprint density at radius 1 is 1.26 bits per heavy atom. The van der Waals surface area contributed by atoms with Crippen LogP contribution in [0.3, 0.4) is 0 Å². The Labute approximate surface area is 117 Å². The average molecular weight is 261 g/mol. The Morgan fingerprint density at radius 2 is 1.95 bits per heavy atom. The third-order valence-electron chi connectivity index (χ3n) is 4.40. The molecular formula is C17H27NO. The molecule has 1 aromatic carbocycles. The molecule has 1 fully saturated rings. The van der Waals surface area contributed by atoms with Crippen molar-refractivity contribution in [1.82, 2.24) is 0 Å². The quantitative estimate of drug-likeness (QED) is 0.863. The number of benzene rings is 1. The zero-order valence-electron chi connectivity index (χ0n) is 12.4. The van der Waals surface area contributed by atoms with Gasteiger partial charge in [0.15, 0.2) is 0 Å². The minimum atomic E-state index is 0.224. The van der Waals surface area contributed by atoms with Crippen LogP contribution >= 0.6 is 0 Å². The summed E-state index contributed by atoms with van der Waals surface area (Å²) in [5.74, 6) is 0.723. The average Bonchev–Trinajstić information content (AvgIpc) is 2.35. The predicted octanol–water partition coefficient (Wildman–Crippen LogP) is 3.85. The number of hydrogen-bond donors (Lipinski definition) is 2. The van der Waals surface area contributed by atoms with Crippen LogP contribution in [0.5, 0.6) is 0 Å². The van der Waals surface area contributed by atoms with Gasteiger partial charge in [-0.15, -0.1) is 0 Å². The lowest BCUT2D eigenvalue weighted by molar-refractivity contribution is 0.177. The molecule has 0 aromatic heterocycles. The second kappa shape index (κ2) is 5.96. The van der Waals surface area contributed by atoms with Gasteiger partial charge in [-0.2, -0.15) is 0 Å². The van der Waals surface area contributed by atoms with Crippen molar-refractivity contribution in [2.75, 3.05) is 11.9 Å². The number of nitrogens with one attached hydrogen (secondary N) is 1. The summed E-state index contributed by atoms with van der Waals surface area (Å²) < 4.78 is 0. The Balaban J connectivity index is 1.94. The lowest BCUT2D eigenvalue weighted by Crippen LogP contribution is -2.36. The molecule has 2 N–H and O–H groups in total. The molecular weight excluding hydrogens is 234 g/mol. The zero-order chi connectivity index (χ0) is 13.9. The van der Waals surface area contributed by atoms with E-state index in [4.69, 9.17) is 5.11 Å².